The number of rotatable bonds is 2. The van der Waals surface area contributed by atoms with E-state index in [4.69, 9.17) is 0 Å². The molecule has 2 bridgehead atoms. The first-order chi connectivity index (χ1) is 6.66. The van der Waals surface area contributed by atoms with Crippen LogP contribution in [0.25, 0.3) is 0 Å². The second kappa shape index (κ2) is 4.17. The lowest BCUT2D eigenvalue weighted by molar-refractivity contribution is 0.0961. The van der Waals surface area contributed by atoms with Crippen LogP contribution in [-0.2, 0) is 0 Å². The number of hydrogen-bond donors (Lipinski definition) is 1. The summed E-state index contributed by atoms with van der Waals surface area (Å²) in [6.07, 6.45) is 3.76. The summed E-state index contributed by atoms with van der Waals surface area (Å²) in [6, 6.07) is 1.43. The second-order valence-corrected chi connectivity index (χ2v) is 4.98. The van der Waals surface area contributed by atoms with E-state index < -0.39 is 0 Å². The Hall–Kier alpha value is -0.120. The minimum absolute atomic E-state index is 0.179. The van der Waals surface area contributed by atoms with E-state index in [2.05, 4.69) is 16.8 Å². The molecular formula is C11H22N2O. The average Bonchev–Trinajstić information content (AvgIpc) is 2.35. The van der Waals surface area contributed by atoms with Gasteiger partial charge in [0.05, 0.1) is 6.10 Å². The third kappa shape index (κ3) is 2.10. The summed E-state index contributed by atoms with van der Waals surface area (Å²) in [6.45, 7) is 5.16. The van der Waals surface area contributed by atoms with E-state index in [-0.39, 0.29) is 6.10 Å². The SMILES string of the molecule is C[C@@H](O)CN1C2CCC1CN(C)CC2. The topological polar surface area (TPSA) is 26.7 Å². The maximum atomic E-state index is 9.47. The number of hydrogen-bond acceptors (Lipinski definition) is 3. The van der Waals surface area contributed by atoms with Crippen LogP contribution in [0.1, 0.15) is 26.2 Å². The molecule has 0 saturated carbocycles. The van der Waals surface area contributed by atoms with Crippen molar-refractivity contribution >= 4 is 0 Å². The maximum absolute atomic E-state index is 9.47. The highest BCUT2D eigenvalue weighted by molar-refractivity contribution is 4.92. The fraction of sp³-hybridized carbons (Fsp3) is 1.00. The van der Waals surface area contributed by atoms with E-state index >= 15 is 0 Å². The van der Waals surface area contributed by atoms with Gasteiger partial charge >= 0.3 is 0 Å². The predicted molar refractivity (Wildman–Crippen MR) is 57.3 cm³/mol. The van der Waals surface area contributed by atoms with Gasteiger partial charge in [-0.05, 0) is 39.8 Å². The lowest BCUT2D eigenvalue weighted by Gasteiger charge is -2.29. The zero-order valence-electron chi connectivity index (χ0n) is 9.32. The Kier molecular flexibility index (Phi) is 3.10. The third-order valence-electron chi connectivity index (χ3n) is 3.61. The largest absolute Gasteiger partial charge is 0.392 e. The average molecular weight is 198 g/mol. The Morgan fingerprint density at radius 2 is 2.00 bits per heavy atom. The summed E-state index contributed by atoms with van der Waals surface area (Å²) in [5, 5.41) is 9.47. The summed E-state index contributed by atoms with van der Waals surface area (Å²) in [5.74, 6) is 0. The summed E-state index contributed by atoms with van der Waals surface area (Å²) in [4.78, 5) is 4.97. The molecular weight excluding hydrogens is 176 g/mol. The van der Waals surface area contributed by atoms with Crippen molar-refractivity contribution in [2.75, 3.05) is 26.7 Å². The van der Waals surface area contributed by atoms with Crippen molar-refractivity contribution < 1.29 is 5.11 Å². The second-order valence-electron chi connectivity index (χ2n) is 4.98. The molecule has 3 atom stereocenters. The number of nitrogens with zero attached hydrogens (tertiary/aromatic N) is 2. The molecule has 2 saturated heterocycles. The van der Waals surface area contributed by atoms with Crippen LogP contribution in [0.3, 0.4) is 0 Å². The van der Waals surface area contributed by atoms with Gasteiger partial charge < -0.3 is 10.0 Å². The quantitative estimate of drug-likeness (QED) is 0.701. The van der Waals surface area contributed by atoms with E-state index in [9.17, 15) is 5.11 Å². The Bertz CT molecular complexity index is 196. The standard InChI is InChI=1S/C11H22N2O/c1-9(14)7-13-10-3-4-11(13)8-12(2)6-5-10/h9-11,14H,3-8H2,1-2H3/t9-,10?,11?/m1/s1. The molecule has 2 fully saturated rings. The molecule has 2 heterocycles. The first kappa shape index (κ1) is 10.4. The number of aliphatic hydroxyl groups excluding tert-OH is 1. The van der Waals surface area contributed by atoms with E-state index in [1.807, 2.05) is 6.92 Å². The molecule has 0 aliphatic carbocycles. The molecule has 0 aromatic heterocycles. The molecule has 2 aliphatic heterocycles. The van der Waals surface area contributed by atoms with E-state index in [0.29, 0.717) is 6.04 Å². The normalized spacial score (nSPS) is 37.1. The summed E-state index contributed by atoms with van der Waals surface area (Å²) in [5.41, 5.74) is 0. The van der Waals surface area contributed by atoms with Crippen LogP contribution in [-0.4, -0.2) is 59.8 Å². The van der Waals surface area contributed by atoms with Crippen molar-refractivity contribution in [1.82, 2.24) is 9.80 Å². The van der Waals surface area contributed by atoms with Crippen LogP contribution in [0, 0.1) is 0 Å². The zero-order chi connectivity index (χ0) is 10.1. The van der Waals surface area contributed by atoms with Crippen LogP contribution in [0.4, 0.5) is 0 Å². The predicted octanol–water partition coefficient (Wildman–Crippen LogP) is 0.536. The highest BCUT2D eigenvalue weighted by Crippen LogP contribution is 2.29. The van der Waals surface area contributed by atoms with Gasteiger partial charge in [0.25, 0.3) is 0 Å². The van der Waals surface area contributed by atoms with Crippen LogP contribution in [0.15, 0.2) is 0 Å². The van der Waals surface area contributed by atoms with Crippen LogP contribution < -0.4 is 0 Å². The van der Waals surface area contributed by atoms with Gasteiger partial charge in [-0.1, -0.05) is 0 Å². The number of fused-ring (bicyclic) bond motifs is 2. The minimum Gasteiger partial charge on any atom is -0.392 e. The van der Waals surface area contributed by atoms with Gasteiger partial charge in [-0.2, -0.15) is 0 Å². The highest BCUT2D eigenvalue weighted by Gasteiger charge is 2.36. The number of likely N-dealkylation sites (N-methyl/N-ethyl adjacent to an activating group) is 1. The summed E-state index contributed by atoms with van der Waals surface area (Å²) >= 11 is 0. The molecule has 2 aliphatic rings. The molecule has 3 nitrogen and oxygen atoms in total. The Balaban J connectivity index is 2.01. The lowest BCUT2D eigenvalue weighted by Crippen LogP contribution is -2.42. The highest BCUT2D eigenvalue weighted by atomic mass is 16.3. The van der Waals surface area contributed by atoms with Gasteiger partial charge in [-0.15, -0.1) is 0 Å². The molecule has 0 amide bonds. The van der Waals surface area contributed by atoms with E-state index in [0.717, 1.165) is 12.6 Å². The molecule has 0 radical (unpaired) electrons. The molecule has 0 aromatic rings. The molecule has 2 unspecified atom stereocenters. The molecule has 2 rings (SSSR count). The van der Waals surface area contributed by atoms with Gasteiger partial charge in [-0.3, -0.25) is 4.90 Å². The van der Waals surface area contributed by atoms with Crippen molar-refractivity contribution in [3.05, 3.63) is 0 Å². The fourth-order valence-electron chi connectivity index (χ4n) is 2.94. The maximum Gasteiger partial charge on any atom is 0.0639 e. The molecule has 14 heavy (non-hydrogen) atoms. The first-order valence-electron chi connectivity index (χ1n) is 5.79. The van der Waals surface area contributed by atoms with Gasteiger partial charge in [-0.25, -0.2) is 0 Å². The van der Waals surface area contributed by atoms with Crippen LogP contribution in [0.5, 0.6) is 0 Å². The fourth-order valence-corrected chi connectivity index (χ4v) is 2.94. The van der Waals surface area contributed by atoms with Crippen molar-refractivity contribution in [2.45, 2.75) is 44.4 Å². The van der Waals surface area contributed by atoms with Crippen LogP contribution >= 0.6 is 0 Å². The number of aliphatic hydroxyl groups is 1. The van der Waals surface area contributed by atoms with Gasteiger partial charge in [0.15, 0.2) is 0 Å². The van der Waals surface area contributed by atoms with Crippen molar-refractivity contribution in [1.29, 1.82) is 0 Å². The van der Waals surface area contributed by atoms with Gasteiger partial charge in [0, 0.05) is 25.2 Å². The van der Waals surface area contributed by atoms with Crippen LogP contribution in [0.2, 0.25) is 0 Å². The first-order valence-corrected chi connectivity index (χ1v) is 5.79. The molecule has 0 aromatic carbocycles. The van der Waals surface area contributed by atoms with Crippen molar-refractivity contribution in [3.63, 3.8) is 0 Å². The number of likely N-dealkylation sites (tertiary alicyclic amines) is 1. The van der Waals surface area contributed by atoms with Gasteiger partial charge in [0.2, 0.25) is 0 Å². The zero-order valence-corrected chi connectivity index (χ0v) is 9.32. The Labute approximate surface area is 86.7 Å². The van der Waals surface area contributed by atoms with Crippen molar-refractivity contribution in [3.8, 4) is 0 Å². The third-order valence-corrected chi connectivity index (χ3v) is 3.61. The summed E-state index contributed by atoms with van der Waals surface area (Å²) in [7, 11) is 2.21. The summed E-state index contributed by atoms with van der Waals surface area (Å²) < 4.78 is 0. The monoisotopic (exact) mass is 198 g/mol. The van der Waals surface area contributed by atoms with E-state index in [1.165, 1.54) is 32.4 Å². The van der Waals surface area contributed by atoms with E-state index in [1.54, 1.807) is 0 Å². The smallest absolute Gasteiger partial charge is 0.0639 e. The minimum atomic E-state index is -0.179. The molecule has 82 valence electrons. The Morgan fingerprint density at radius 3 is 2.71 bits per heavy atom. The van der Waals surface area contributed by atoms with Gasteiger partial charge in [0.1, 0.15) is 0 Å². The molecule has 1 N–H and O–H groups in total. The molecule has 3 heteroatoms. The Morgan fingerprint density at radius 1 is 1.29 bits per heavy atom. The van der Waals surface area contributed by atoms with Crippen molar-refractivity contribution in [2.24, 2.45) is 0 Å². The lowest BCUT2D eigenvalue weighted by atomic mass is 10.1. The molecule has 0 spiro atoms.